The van der Waals surface area contributed by atoms with Gasteiger partial charge in [-0.15, -0.1) is 0 Å². The third-order valence-corrected chi connectivity index (χ3v) is 6.46. The van der Waals surface area contributed by atoms with Gasteiger partial charge in [-0.1, -0.05) is 42.2 Å². The number of ether oxygens (including phenoxy) is 2. The fraction of sp³-hybridized carbons (Fsp3) is 0.409. The van der Waals surface area contributed by atoms with E-state index in [0.717, 1.165) is 41.8 Å². The van der Waals surface area contributed by atoms with Crippen LogP contribution in [0.5, 0.6) is 0 Å². The fourth-order valence-electron chi connectivity index (χ4n) is 3.56. The Morgan fingerprint density at radius 1 is 1.30 bits per heavy atom. The molecule has 0 aliphatic carbocycles. The number of hydrogen-bond acceptors (Lipinski definition) is 7. The Bertz CT molecular complexity index is 973. The van der Waals surface area contributed by atoms with Gasteiger partial charge in [-0.25, -0.2) is 4.98 Å². The molecule has 2 aliphatic rings. The van der Waals surface area contributed by atoms with Gasteiger partial charge in [0.2, 0.25) is 0 Å². The number of fused-ring (bicyclic) bond motifs is 1. The summed E-state index contributed by atoms with van der Waals surface area (Å²) in [6, 6.07) is 10.2. The number of aromatic nitrogens is 1. The number of morpholine rings is 1. The Morgan fingerprint density at radius 3 is 2.90 bits per heavy atom. The third-order valence-electron chi connectivity index (χ3n) is 5.08. The number of amides is 1. The first kappa shape index (κ1) is 21.2. The van der Waals surface area contributed by atoms with E-state index in [4.69, 9.17) is 26.7 Å². The fourth-order valence-corrected chi connectivity index (χ4v) is 4.86. The summed E-state index contributed by atoms with van der Waals surface area (Å²) in [4.78, 5) is 22.4. The van der Waals surface area contributed by atoms with Crippen LogP contribution in [0.3, 0.4) is 0 Å². The summed E-state index contributed by atoms with van der Waals surface area (Å²) in [5.41, 5.74) is 1.88. The van der Waals surface area contributed by atoms with E-state index in [1.54, 1.807) is 4.90 Å². The smallest absolute Gasteiger partial charge is 0.266 e. The van der Waals surface area contributed by atoms with Gasteiger partial charge in [-0.3, -0.25) is 9.69 Å². The van der Waals surface area contributed by atoms with Gasteiger partial charge in [0.1, 0.15) is 10.1 Å². The largest absolute Gasteiger partial charge is 0.382 e. The van der Waals surface area contributed by atoms with Gasteiger partial charge < -0.3 is 14.4 Å². The van der Waals surface area contributed by atoms with Gasteiger partial charge in [-0.05, 0) is 31.6 Å². The van der Waals surface area contributed by atoms with Crippen molar-refractivity contribution in [1.82, 2.24) is 9.88 Å². The lowest BCUT2D eigenvalue weighted by Gasteiger charge is -2.29. The van der Waals surface area contributed by atoms with E-state index in [1.165, 1.54) is 11.8 Å². The van der Waals surface area contributed by atoms with Crippen LogP contribution >= 0.6 is 24.0 Å². The minimum Gasteiger partial charge on any atom is -0.382 e. The SMILES string of the molecule is CCOCCCN1C(=O)C(=Cc2cc3ccccc3nc2N2CCOCC2)SC1=S. The number of carbonyl (C=O) groups is 1. The first-order valence-corrected chi connectivity index (χ1v) is 11.5. The van der Waals surface area contributed by atoms with E-state index in [-0.39, 0.29) is 5.91 Å². The topological polar surface area (TPSA) is 54.9 Å². The van der Waals surface area contributed by atoms with Crippen LogP contribution < -0.4 is 4.90 Å². The van der Waals surface area contributed by atoms with E-state index in [0.29, 0.717) is 42.2 Å². The molecule has 6 nitrogen and oxygen atoms in total. The van der Waals surface area contributed by atoms with Crippen molar-refractivity contribution in [2.75, 3.05) is 51.0 Å². The normalized spacial score (nSPS) is 18.8. The van der Waals surface area contributed by atoms with Crippen LogP contribution in [0.2, 0.25) is 0 Å². The number of anilines is 1. The van der Waals surface area contributed by atoms with Crippen molar-refractivity contribution in [3.63, 3.8) is 0 Å². The van der Waals surface area contributed by atoms with Crippen LogP contribution in [0.15, 0.2) is 35.2 Å². The van der Waals surface area contributed by atoms with Gasteiger partial charge in [0.05, 0.1) is 23.6 Å². The summed E-state index contributed by atoms with van der Waals surface area (Å²) in [6.45, 7) is 6.77. The maximum atomic E-state index is 13.0. The highest BCUT2D eigenvalue weighted by molar-refractivity contribution is 8.26. The second-order valence-electron chi connectivity index (χ2n) is 7.08. The Labute approximate surface area is 186 Å². The number of benzene rings is 1. The molecule has 3 heterocycles. The molecular formula is C22H25N3O3S2. The van der Waals surface area contributed by atoms with Gasteiger partial charge >= 0.3 is 0 Å². The maximum Gasteiger partial charge on any atom is 0.266 e. The zero-order valence-corrected chi connectivity index (χ0v) is 18.6. The molecular weight excluding hydrogens is 418 g/mol. The van der Waals surface area contributed by atoms with Crippen molar-refractivity contribution in [1.29, 1.82) is 0 Å². The van der Waals surface area contributed by atoms with Gasteiger partial charge in [0, 0.05) is 43.8 Å². The number of pyridine rings is 1. The molecule has 8 heteroatoms. The molecule has 4 rings (SSSR count). The molecule has 158 valence electrons. The molecule has 0 N–H and O–H groups in total. The van der Waals surface area contributed by atoms with E-state index in [1.807, 2.05) is 37.3 Å². The van der Waals surface area contributed by atoms with Crippen LogP contribution in [0, 0.1) is 0 Å². The first-order valence-electron chi connectivity index (χ1n) is 10.2. The van der Waals surface area contributed by atoms with E-state index in [9.17, 15) is 4.79 Å². The molecule has 1 amide bonds. The Morgan fingerprint density at radius 2 is 2.10 bits per heavy atom. The number of thioether (sulfide) groups is 1. The molecule has 1 aromatic carbocycles. The molecule has 0 atom stereocenters. The van der Waals surface area contributed by atoms with E-state index in [2.05, 4.69) is 11.0 Å². The number of thiocarbonyl (C=S) groups is 1. The number of hydrogen-bond donors (Lipinski definition) is 0. The standard InChI is InChI=1S/C22H25N3O3S2/c1-2-27-11-5-8-25-21(26)19(30-22(25)29)15-17-14-16-6-3-4-7-18(16)23-20(17)24-9-12-28-13-10-24/h3-4,6-7,14-15H,2,5,8-13H2,1H3. The molecule has 2 fully saturated rings. The first-order chi connectivity index (χ1) is 14.7. The quantitative estimate of drug-likeness (QED) is 0.367. The molecule has 0 saturated carbocycles. The lowest BCUT2D eigenvalue weighted by Crippen LogP contribution is -2.37. The molecule has 0 bridgehead atoms. The second-order valence-corrected chi connectivity index (χ2v) is 8.75. The Hall–Kier alpha value is -2.00. The average molecular weight is 444 g/mol. The molecule has 0 spiro atoms. The van der Waals surface area contributed by atoms with Crippen LogP contribution in [0.25, 0.3) is 17.0 Å². The predicted octanol–water partition coefficient (Wildman–Crippen LogP) is 3.70. The van der Waals surface area contributed by atoms with Crippen molar-refractivity contribution in [3.05, 3.63) is 40.8 Å². The minimum atomic E-state index is -0.0393. The van der Waals surface area contributed by atoms with Crippen LogP contribution in [0.4, 0.5) is 5.82 Å². The number of rotatable bonds is 7. The second kappa shape index (κ2) is 9.87. The predicted molar refractivity (Wildman–Crippen MR) is 126 cm³/mol. The van der Waals surface area contributed by atoms with Gasteiger partial charge in [0.15, 0.2) is 0 Å². The molecule has 2 saturated heterocycles. The highest BCUT2D eigenvalue weighted by Gasteiger charge is 2.32. The monoisotopic (exact) mass is 443 g/mol. The summed E-state index contributed by atoms with van der Waals surface area (Å²) < 4.78 is 11.5. The molecule has 0 radical (unpaired) electrons. The van der Waals surface area contributed by atoms with Crippen molar-refractivity contribution in [3.8, 4) is 0 Å². The molecule has 1 aromatic heterocycles. The summed E-state index contributed by atoms with van der Waals surface area (Å²) >= 11 is 6.83. The molecule has 2 aliphatic heterocycles. The highest BCUT2D eigenvalue weighted by Crippen LogP contribution is 2.35. The van der Waals surface area contributed by atoms with Crippen molar-refractivity contribution in [2.45, 2.75) is 13.3 Å². The Kier molecular flexibility index (Phi) is 6.99. The molecule has 30 heavy (non-hydrogen) atoms. The summed E-state index contributed by atoms with van der Waals surface area (Å²) in [5.74, 6) is 0.848. The minimum absolute atomic E-state index is 0.0393. The maximum absolute atomic E-state index is 13.0. The Balaban J connectivity index is 1.64. The number of nitrogens with zero attached hydrogens (tertiary/aromatic N) is 3. The number of carbonyl (C=O) groups excluding carboxylic acids is 1. The van der Waals surface area contributed by atoms with Crippen LogP contribution in [-0.2, 0) is 14.3 Å². The van der Waals surface area contributed by atoms with Crippen molar-refractivity contribution >= 4 is 57.0 Å². The lowest BCUT2D eigenvalue weighted by atomic mass is 10.1. The number of para-hydroxylation sites is 1. The van der Waals surface area contributed by atoms with Crippen molar-refractivity contribution < 1.29 is 14.3 Å². The van der Waals surface area contributed by atoms with Gasteiger partial charge in [-0.2, -0.15) is 0 Å². The van der Waals surface area contributed by atoms with Gasteiger partial charge in [0.25, 0.3) is 5.91 Å². The van der Waals surface area contributed by atoms with Crippen molar-refractivity contribution in [2.24, 2.45) is 0 Å². The molecule has 2 aromatic rings. The summed E-state index contributed by atoms with van der Waals surface area (Å²) in [7, 11) is 0. The molecule has 0 unspecified atom stereocenters. The summed E-state index contributed by atoms with van der Waals surface area (Å²) in [5, 5.41) is 1.05. The zero-order chi connectivity index (χ0) is 20.9. The zero-order valence-electron chi connectivity index (χ0n) is 17.0. The average Bonchev–Trinajstić information content (AvgIpc) is 3.04. The van der Waals surface area contributed by atoms with Crippen LogP contribution in [-0.4, -0.2) is 66.2 Å². The van der Waals surface area contributed by atoms with Crippen LogP contribution in [0.1, 0.15) is 18.9 Å². The third kappa shape index (κ3) is 4.67. The highest BCUT2D eigenvalue weighted by atomic mass is 32.2. The van der Waals surface area contributed by atoms with E-state index < -0.39 is 0 Å². The van der Waals surface area contributed by atoms with E-state index >= 15 is 0 Å². The lowest BCUT2D eigenvalue weighted by molar-refractivity contribution is -0.122. The summed E-state index contributed by atoms with van der Waals surface area (Å²) in [6.07, 6.45) is 2.70.